The minimum Gasteiger partial charge on any atom is -0.756 e. The van der Waals surface area contributed by atoms with Gasteiger partial charge in [-0.15, -0.1) is 0 Å². The second-order valence-electron chi connectivity index (χ2n) is 21.0. The molecule has 0 aromatic heterocycles. The number of phosphoric acid groups is 1. The summed E-state index contributed by atoms with van der Waals surface area (Å²) in [6.45, 7) is 4.58. The van der Waals surface area contributed by atoms with Crippen LogP contribution in [0.15, 0.2) is 85.1 Å². The number of quaternary nitrogens is 1. The first-order valence-corrected chi connectivity index (χ1v) is 30.9. The molecule has 0 aliphatic rings. The van der Waals surface area contributed by atoms with Gasteiger partial charge < -0.3 is 28.8 Å². The second kappa shape index (κ2) is 52.5. The van der Waals surface area contributed by atoms with Crippen LogP contribution in [0.4, 0.5) is 0 Å². The molecule has 0 fully saturated rings. The van der Waals surface area contributed by atoms with Gasteiger partial charge in [0.25, 0.3) is 7.82 Å². The van der Waals surface area contributed by atoms with E-state index in [1.54, 1.807) is 0 Å². The van der Waals surface area contributed by atoms with Crippen molar-refractivity contribution in [3.63, 3.8) is 0 Å². The van der Waals surface area contributed by atoms with Crippen LogP contribution in [0.1, 0.15) is 251 Å². The lowest BCUT2D eigenvalue weighted by molar-refractivity contribution is -0.870. The molecule has 0 bridgehead atoms. The summed E-state index contributed by atoms with van der Waals surface area (Å²) in [5.41, 5.74) is 0. The minimum absolute atomic E-state index is 0.00292. The van der Waals surface area contributed by atoms with Crippen LogP contribution in [0.5, 0.6) is 0 Å². The molecule has 0 aliphatic heterocycles. The van der Waals surface area contributed by atoms with Crippen LogP contribution in [-0.2, 0) is 18.4 Å². The molecule has 9 heteroatoms. The predicted octanol–water partition coefficient (Wildman–Crippen LogP) is 17.4. The SMILES string of the molecule is CC/C=C\C/C=C\C/C=C\C/C=C\C/C=C\C/C=C\C/C=C\CCCC(=O)NC(COP(=O)([O-])OCC[N+](C)(C)C)C(O)CCCCCCCCCCCCCCCCCCCCCCCCCCCC. The number of aliphatic hydroxyl groups excluding tert-OH is 1. The van der Waals surface area contributed by atoms with Crippen molar-refractivity contribution in [3.05, 3.63) is 85.1 Å². The minimum atomic E-state index is -4.60. The largest absolute Gasteiger partial charge is 0.756 e. The van der Waals surface area contributed by atoms with Crippen LogP contribution in [0.2, 0.25) is 0 Å². The third kappa shape index (κ3) is 55.3. The van der Waals surface area contributed by atoms with Crippen molar-refractivity contribution in [2.75, 3.05) is 40.9 Å². The average molecular weight is 1010 g/mol. The van der Waals surface area contributed by atoms with Crippen LogP contribution in [0.3, 0.4) is 0 Å². The molecule has 0 radical (unpaired) electrons. The van der Waals surface area contributed by atoms with Crippen molar-refractivity contribution >= 4 is 13.7 Å². The maximum absolute atomic E-state index is 13.0. The van der Waals surface area contributed by atoms with Gasteiger partial charge >= 0.3 is 0 Å². The molecular formula is C62H113N2O6P. The van der Waals surface area contributed by atoms with E-state index in [4.69, 9.17) is 9.05 Å². The van der Waals surface area contributed by atoms with E-state index >= 15 is 0 Å². The number of aliphatic hydroxyl groups is 1. The Morgan fingerprint density at radius 1 is 0.507 bits per heavy atom. The van der Waals surface area contributed by atoms with Crippen LogP contribution in [0.25, 0.3) is 0 Å². The fraction of sp³-hybridized carbons (Fsp3) is 0.758. The number of nitrogens with zero attached hydrogens (tertiary/aromatic N) is 1. The van der Waals surface area contributed by atoms with Gasteiger partial charge in [0.15, 0.2) is 0 Å². The highest BCUT2D eigenvalue weighted by molar-refractivity contribution is 7.45. The molecule has 0 aromatic rings. The summed E-state index contributed by atoms with van der Waals surface area (Å²) in [6, 6.07) is -0.838. The highest BCUT2D eigenvalue weighted by Gasteiger charge is 2.24. The summed E-state index contributed by atoms with van der Waals surface area (Å²) in [5.74, 6) is -0.222. The number of likely N-dealkylation sites (N-methyl/N-ethyl adjacent to an activating group) is 1. The molecule has 0 heterocycles. The topological polar surface area (TPSA) is 108 Å². The summed E-state index contributed by atoms with van der Waals surface area (Å²) in [6.07, 6.45) is 73.4. The van der Waals surface area contributed by atoms with E-state index in [0.717, 1.165) is 70.6 Å². The van der Waals surface area contributed by atoms with E-state index in [9.17, 15) is 19.4 Å². The Kier molecular flexibility index (Phi) is 50.8. The molecular weight excluding hydrogens is 900 g/mol. The van der Waals surface area contributed by atoms with E-state index in [2.05, 4.69) is 104 Å². The summed E-state index contributed by atoms with van der Waals surface area (Å²) >= 11 is 0. The predicted molar refractivity (Wildman–Crippen MR) is 307 cm³/mol. The number of hydrogen-bond donors (Lipinski definition) is 2. The molecule has 0 aliphatic carbocycles. The lowest BCUT2D eigenvalue weighted by atomic mass is 10.0. The van der Waals surface area contributed by atoms with Crippen molar-refractivity contribution < 1.29 is 32.9 Å². The van der Waals surface area contributed by atoms with Crippen molar-refractivity contribution in [1.29, 1.82) is 0 Å². The van der Waals surface area contributed by atoms with E-state index in [1.165, 1.54) is 148 Å². The van der Waals surface area contributed by atoms with Gasteiger partial charge in [0.2, 0.25) is 5.91 Å². The van der Waals surface area contributed by atoms with Crippen molar-refractivity contribution in [2.24, 2.45) is 0 Å². The smallest absolute Gasteiger partial charge is 0.268 e. The quantitative estimate of drug-likeness (QED) is 0.0272. The number of phosphoric ester groups is 1. The zero-order chi connectivity index (χ0) is 52.0. The van der Waals surface area contributed by atoms with Crippen LogP contribution < -0.4 is 10.2 Å². The number of nitrogens with one attached hydrogen (secondary N) is 1. The normalized spacial score (nSPS) is 14.5. The maximum Gasteiger partial charge on any atom is 0.268 e. The molecule has 0 rings (SSSR count). The van der Waals surface area contributed by atoms with Gasteiger partial charge in [-0.05, 0) is 64.2 Å². The maximum atomic E-state index is 13.0. The van der Waals surface area contributed by atoms with Gasteiger partial charge in [0.1, 0.15) is 13.2 Å². The number of unbranched alkanes of at least 4 members (excludes halogenated alkanes) is 26. The number of carbonyl (C=O) groups excluding carboxylic acids is 1. The third-order valence-electron chi connectivity index (χ3n) is 12.9. The van der Waals surface area contributed by atoms with E-state index in [-0.39, 0.29) is 25.5 Å². The third-order valence-corrected chi connectivity index (χ3v) is 13.9. The Hall–Kier alpha value is -2.32. The monoisotopic (exact) mass is 1010 g/mol. The first-order chi connectivity index (χ1) is 34.5. The number of rotatable bonds is 53. The van der Waals surface area contributed by atoms with Crippen molar-refractivity contribution in [2.45, 2.75) is 264 Å². The van der Waals surface area contributed by atoms with Gasteiger partial charge in [0, 0.05) is 6.42 Å². The van der Waals surface area contributed by atoms with Crippen LogP contribution in [0, 0.1) is 0 Å². The zero-order valence-electron chi connectivity index (χ0n) is 46.9. The van der Waals surface area contributed by atoms with E-state index in [0.29, 0.717) is 23.9 Å². The highest BCUT2D eigenvalue weighted by atomic mass is 31.2. The molecule has 0 saturated carbocycles. The Morgan fingerprint density at radius 3 is 1.20 bits per heavy atom. The van der Waals surface area contributed by atoms with Gasteiger partial charge in [-0.25, -0.2) is 0 Å². The van der Waals surface area contributed by atoms with Gasteiger partial charge in [-0.1, -0.05) is 266 Å². The first kappa shape index (κ1) is 68.7. The second-order valence-corrected chi connectivity index (χ2v) is 22.4. The number of carbonyl (C=O) groups is 1. The fourth-order valence-corrected chi connectivity index (χ4v) is 9.05. The standard InChI is InChI=1S/C62H113N2O6P/c1-6-8-10-12-14-16-18-20-22-24-26-28-30-31-32-34-35-37-39-41-43-45-47-49-51-53-55-61(65)60(59-70-71(67,68)69-58-57-64(3,4)5)63-62(66)56-54-52-50-48-46-44-42-40-38-36-33-29-27-25-23-21-19-17-15-13-11-9-7-2/h9,11,15,17,21,23,27,29,36,38,42,44,48,50,60-61,65H,6-8,10,12-14,16,18-20,22,24-26,28,30-35,37,39-41,43,45-47,49,51-59H2,1-5H3,(H-,63,66,67,68)/b11-9-,17-15-,23-21-,29-27-,38-36-,44-42-,50-48-. The Morgan fingerprint density at radius 2 is 0.845 bits per heavy atom. The lowest BCUT2D eigenvalue weighted by Gasteiger charge is -2.30. The summed E-state index contributed by atoms with van der Waals surface area (Å²) in [4.78, 5) is 25.5. The van der Waals surface area contributed by atoms with Crippen LogP contribution in [-0.4, -0.2) is 68.5 Å². The summed E-state index contributed by atoms with van der Waals surface area (Å²) < 4.78 is 23.4. The molecule has 0 aromatic carbocycles. The van der Waals surface area contributed by atoms with Crippen molar-refractivity contribution in [3.8, 4) is 0 Å². The van der Waals surface area contributed by atoms with Gasteiger partial charge in [-0.2, -0.15) is 0 Å². The molecule has 8 nitrogen and oxygen atoms in total. The number of hydrogen-bond acceptors (Lipinski definition) is 6. The van der Waals surface area contributed by atoms with Gasteiger partial charge in [-0.3, -0.25) is 9.36 Å². The van der Waals surface area contributed by atoms with Crippen molar-refractivity contribution in [1.82, 2.24) is 5.32 Å². The van der Waals surface area contributed by atoms with E-state index in [1.807, 2.05) is 21.1 Å². The first-order valence-electron chi connectivity index (χ1n) is 29.4. The zero-order valence-corrected chi connectivity index (χ0v) is 47.8. The Balaban J connectivity index is 4.26. The molecule has 71 heavy (non-hydrogen) atoms. The Labute approximate surface area is 439 Å². The molecule has 1 amide bonds. The van der Waals surface area contributed by atoms with Crippen LogP contribution >= 0.6 is 7.82 Å². The Bertz CT molecular complexity index is 1430. The molecule has 0 saturated heterocycles. The number of amides is 1. The van der Waals surface area contributed by atoms with E-state index < -0.39 is 20.0 Å². The van der Waals surface area contributed by atoms with Gasteiger partial charge in [0.05, 0.1) is 39.9 Å². The fourth-order valence-electron chi connectivity index (χ4n) is 8.32. The summed E-state index contributed by atoms with van der Waals surface area (Å²) in [7, 11) is 1.26. The lowest BCUT2D eigenvalue weighted by Crippen LogP contribution is -2.46. The molecule has 0 spiro atoms. The molecule has 3 unspecified atom stereocenters. The highest BCUT2D eigenvalue weighted by Crippen LogP contribution is 2.38. The molecule has 2 N–H and O–H groups in total. The average Bonchev–Trinajstić information content (AvgIpc) is 3.33. The molecule has 3 atom stereocenters. The number of allylic oxidation sites excluding steroid dienone is 14. The molecule has 412 valence electrons. The summed E-state index contributed by atoms with van der Waals surface area (Å²) in [5, 5.41) is 14.0.